The average molecular weight is 340 g/mol. The summed E-state index contributed by atoms with van der Waals surface area (Å²) in [6.45, 7) is 6.53. The van der Waals surface area contributed by atoms with Crippen LogP contribution in [0.4, 0.5) is 11.5 Å². The highest BCUT2D eigenvalue weighted by molar-refractivity contribution is 7.98. The van der Waals surface area contributed by atoms with E-state index in [0.717, 1.165) is 5.69 Å². The Morgan fingerprint density at radius 3 is 2.42 bits per heavy atom. The van der Waals surface area contributed by atoms with Crippen molar-refractivity contribution in [1.29, 1.82) is 0 Å². The predicted molar refractivity (Wildman–Crippen MR) is 100 cm³/mol. The van der Waals surface area contributed by atoms with Gasteiger partial charge in [0.25, 0.3) is 5.56 Å². The molecule has 0 amide bonds. The van der Waals surface area contributed by atoms with Crippen LogP contribution in [0.5, 0.6) is 0 Å². The number of pyridine rings is 1. The molecule has 2 heterocycles. The molecule has 2 aromatic heterocycles. The van der Waals surface area contributed by atoms with Gasteiger partial charge in [-0.2, -0.15) is 0 Å². The van der Waals surface area contributed by atoms with Crippen molar-refractivity contribution >= 4 is 34.2 Å². The number of H-pyrrole nitrogens is 1. The number of nitrogens with one attached hydrogen (secondary N) is 2. The summed E-state index contributed by atoms with van der Waals surface area (Å²) in [6, 6.07) is 9.97. The molecular weight excluding hydrogens is 320 g/mol. The largest absolute Gasteiger partial charge is 0.339 e. The van der Waals surface area contributed by atoms with Gasteiger partial charge in [-0.3, -0.25) is 4.79 Å². The summed E-state index contributed by atoms with van der Waals surface area (Å²) < 4.78 is 0. The highest BCUT2D eigenvalue weighted by Crippen LogP contribution is 2.26. The van der Waals surface area contributed by atoms with Crippen molar-refractivity contribution in [2.24, 2.45) is 0 Å². The van der Waals surface area contributed by atoms with Crippen LogP contribution >= 0.6 is 11.8 Å². The quantitative estimate of drug-likeness (QED) is 0.555. The summed E-state index contributed by atoms with van der Waals surface area (Å²) in [6.07, 6.45) is 3.51. The highest BCUT2D eigenvalue weighted by Gasteiger charge is 2.14. The number of hydrogen-bond acceptors (Lipinski definition) is 5. The maximum Gasteiger partial charge on any atom is 0.261 e. The fourth-order valence-corrected chi connectivity index (χ4v) is 2.81. The van der Waals surface area contributed by atoms with Crippen molar-refractivity contribution in [2.45, 2.75) is 31.3 Å². The Morgan fingerprint density at radius 2 is 1.79 bits per heavy atom. The monoisotopic (exact) mass is 340 g/mol. The molecule has 0 saturated heterocycles. The molecule has 0 saturated carbocycles. The van der Waals surface area contributed by atoms with Gasteiger partial charge in [-0.1, -0.05) is 44.7 Å². The van der Waals surface area contributed by atoms with Crippen molar-refractivity contribution < 1.29 is 0 Å². The second kappa shape index (κ2) is 6.28. The average Bonchev–Trinajstić information content (AvgIpc) is 2.54. The number of fused-ring (bicyclic) bond motifs is 1. The molecule has 0 aliphatic carbocycles. The molecule has 0 fully saturated rings. The van der Waals surface area contributed by atoms with Gasteiger partial charge in [0.2, 0.25) is 0 Å². The maximum atomic E-state index is 12.2. The topological polar surface area (TPSA) is 70.7 Å². The van der Waals surface area contributed by atoms with E-state index in [0.29, 0.717) is 21.9 Å². The predicted octanol–water partition coefficient (Wildman–Crippen LogP) is 4.08. The molecule has 0 spiro atoms. The number of aromatic nitrogens is 3. The lowest BCUT2D eigenvalue weighted by molar-refractivity contribution is 0.590. The molecule has 5 nitrogen and oxygen atoms in total. The molecule has 3 rings (SSSR count). The van der Waals surface area contributed by atoms with Crippen LogP contribution in [0.3, 0.4) is 0 Å². The maximum absolute atomic E-state index is 12.2. The summed E-state index contributed by atoms with van der Waals surface area (Å²) in [4.78, 5) is 23.7. The first-order chi connectivity index (χ1) is 11.4. The third-order valence-electron chi connectivity index (χ3n) is 3.80. The van der Waals surface area contributed by atoms with E-state index in [9.17, 15) is 4.79 Å². The van der Waals surface area contributed by atoms with Crippen molar-refractivity contribution in [1.82, 2.24) is 15.0 Å². The van der Waals surface area contributed by atoms with Crippen molar-refractivity contribution in [2.75, 3.05) is 11.6 Å². The van der Waals surface area contributed by atoms with Crippen LogP contribution in [0.1, 0.15) is 26.3 Å². The number of benzene rings is 1. The Labute approximate surface area is 144 Å². The molecule has 3 aromatic rings. The first kappa shape index (κ1) is 16.5. The summed E-state index contributed by atoms with van der Waals surface area (Å²) in [5, 5.41) is 4.35. The summed E-state index contributed by atoms with van der Waals surface area (Å²) in [7, 11) is 0. The molecule has 0 radical (unpaired) electrons. The van der Waals surface area contributed by atoms with E-state index in [2.05, 4.69) is 53.2 Å². The summed E-state index contributed by atoms with van der Waals surface area (Å²) in [5.41, 5.74) is 2.67. The minimum atomic E-state index is -0.200. The number of anilines is 2. The van der Waals surface area contributed by atoms with Gasteiger partial charge < -0.3 is 10.3 Å². The van der Waals surface area contributed by atoms with E-state index >= 15 is 0 Å². The third-order valence-corrected chi connectivity index (χ3v) is 4.34. The Kier molecular flexibility index (Phi) is 4.32. The lowest BCUT2D eigenvalue weighted by Gasteiger charge is -2.19. The lowest BCUT2D eigenvalue weighted by Crippen LogP contribution is -2.11. The number of hydrogen-bond donors (Lipinski definition) is 2. The molecule has 2 N–H and O–H groups in total. The fraction of sp³-hybridized carbons (Fsp3) is 0.278. The lowest BCUT2D eigenvalue weighted by atomic mass is 9.87. The van der Waals surface area contributed by atoms with Gasteiger partial charge >= 0.3 is 0 Å². The van der Waals surface area contributed by atoms with Gasteiger partial charge in [0, 0.05) is 11.9 Å². The van der Waals surface area contributed by atoms with Crippen LogP contribution in [0.25, 0.3) is 10.9 Å². The first-order valence-electron chi connectivity index (χ1n) is 7.69. The number of thioether (sulfide) groups is 1. The van der Waals surface area contributed by atoms with Crippen molar-refractivity contribution in [3.63, 3.8) is 0 Å². The zero-order valence-electron chi connectivity index (χ0n) is 14.2. The molecule has 0 aliphatic heterocycles. The van der Waals surface area contributed by atoms with Crippen LogP contribution in [0.2, 0.25) is 0 Å². The van der Waals surface area contributed by atoms with Gasteiger partial charge in [-0.15, -0.1) is 0 Å². The minimum Gasteiger partial charge on any atom is -0.339 e. The smallest absolute Gasteiger partial charge is 0.261 e. The van der Waals surface area contributed by atoms with Crippen LogP contribution in [-0.4, -0.2) is 21.2 Å². The Morgan fingerprint density at radius 1 is 1.08 bits per heavy atom. The Hall–Kier alpha value is -2.34. The second-order valence-corrected chi connectivity index (χ2v) is 7.35. The summed E-state index contributed by atoms with van der Waals surface area (Å²) >= 11 is 1.45. The Balaban J connectivity index is 2.05. The van der Waals surface area contributed by atoms with Gasteiger partial charge in [0.1, 0.15) is 11.2 Å². The molecule has 6 heteroatoms. The molecule has 124 valence electrons. The van der Waals surface area contributed by atoms with Crippen LogP contribution < -0.4 is 10.9 Å². The van der Waals surface area contributed by atoms with Crippen molar-refractivity contribution in [3.05, 3.63) is 52.4 Å². The van der Waals surface area contributed by atoms with Gasteiger partial charge in [0.05, 0.1) is 5.52 Å². The van der Waals surface area contributed by atoms with E-state index < -0.39 is 0 Å². The van der Waals surface area contributed by atoms with Crippen molar-refractivity contribution in [3.8, 4) is 0 Å². The van der Waals surface area contributed by atoms with E-state index in [1.54, 1.807) is 12.3 Å². The molecule has 0 atom stereocenters. The zero-order valence-corrected chi connectivity index (χ0v) is 15.0. The molecule has 0 aliphatic rings. The standard InChI is InChI=1S/C18H20N4OS/c1-18(2,3)11-5-7-12(8-6-11)20-15-14-13(9-10-19-16(14)23)21-17(22-15)24-4/h5-10H,1-4H3,(H,19,23)(H,20,21,22). The van der Waals surface area contributed by atoms with Crippen LogP contribution in [0.15, 0.2) is 46.5 Å². The van der Waals surface area contributed by atoms with Gasteiger partial charge in [0.15, 0.2) is 5.16 Å². The first-order valence-corrected chi connectivity index (χ1v) is 8.92. The van der Waals surface area contributed by atoms with Crippen LogP contribution in [0, 0.1) is 0 Å². The van der Waals surface area contributed by atoms with E-state index in [1.807, 2.05) is 18.4 Å². The number of nitrogens with zero attached hydrogens (tertiary/aromatic N) is 2. The van der Waals surface area contributed by atoms with E-state index in [1.165, 1.54) is 17.3 Å². The Bertz CT molecular complexity index is 926. The van der Waals surface area contributed by atoms with E-state index in [4.69, 9.17) is 0 Å². The molecular formula is C18H20N4OS. The molecule has 1 aromatic carbocycles. The van der Waals surface area contributed by atoms with E-state index in [-0.39, 0.29) is 11.0 Å². The zero-order chi connectivity index (χ0) is 17.3. The highest BCUT2D eigenvalue weighted by atomic mass is 32.2. The third kappa shape index (κ3) is 3.28. The second-order valence-electron chi connectivity index (χ2n) is 6.58. The van der Waals surface area contributed by atoms with Gasteiger partial charge in [-0.25, -0.2) is 9.97 Å². The van der Waals surface area contributed by atoms with Gasteiger partial charge in [-0.05, 0) is 35.4 Å². The number of rotatable bonds is 3. The normalized spacial score (nSPS) is 11.7. The molecule has 0 bridgehead atoms. The molecule has 0 unspecified atom stereocenters. The van der Waals surface area contributed by atoms with Crippen LogP contribution in [-0.2, 0) is 5.41 Å². The SMILES string of the molecule is CSc1nc(Nc2ccc(C(C)(C)C)cc2)c2c(=O)[nH]ccc2n1. The number of aromatic amines is 1. The fourth-order valence-electron chi connectivity index (χ4n) is 2.44. The molecule has 24 heavy (non-hydrogen) atoms. The minimum absolute atomic E-state index is 0.101. The summed E-state index contributed by atoms with van der Waals surface area (Å²) in [5.74, 6) is 0.523.